The number of rotatable bonds is 4. The van der Waals surface area contributed by atoms with E-state index in [-0.39, 0.29) is 12.2 Å². The number of hydrogen-bond donors (Lipinski definition) is 0. The van der Waals surface area contributed by atoms with Gasteiger partial charge in [-0.25, -0.2) is 0 Å². The summed E-state index contributed by atoms with van der Waals surface area (Å²) in [7, 11) is 0. The maximum atomic E-state index is 12.4. The highest BCUT2D eigenvalue weighted by atomic mass is 16.1. The van der Waals surface area contributed by atoms with Gasteiger partial charge in [0.1, 0.15) is 6.42 Å². The van der Waals surface area contributed by atoms with Gasteiger partial charge in [0.25, 0.3) is 5.69 Å². The van der Waals surface area contributed by atoms with Crippen LogP contribution < -0.4 is 4.57 Å². The maximum absolute atomic E-state index is 12.4. The molecule has 0 aliphatic heterocycles. The van der Waals surface area contributed by atoms with Crippen molar-refractivity contribution in [2.75, 3.05) is 0 Å². The van der Waals surface area contributed by atoms with Crippen LogP contribution in [0.2, 0.25) is 0 Å². The molecule has 0 aliphatic carbocycles. The largest absolute Gasteiger partial charge is 0.286 e. The number of hydrogen-bond acceptors (Lipinski definition) is 2. The van der Waals surface area contributed by atoms with Crippen LogP contribution in [0.15, 0.2) is 66.9 Å². The van der Waals surface area contributed by atoms with Gasteiger partial charge in [-0.05, 0) is 11.5 Å². The van der Waals surface area contributed by atoms with E-state index < -0.39 is 0 Å². The number of Topliss-reactive ketones (excluding diaryl/α,β-unsaturated/α-hetero) is 1. The number of carbonyl (C=O) groups is 1. The first-order valence-corrected chi connectivity index (χ1v) is 7.15. The van der Waals surface area contributed by atoms with Crippen molar-refractivity contribution in [2.45, 2.75) is 13.0 Å². The molecule has 0 fully saturated rings. The number of carbonyl (C=O) groups excluding carboxylic acids is 1. The van der Waals surface area contributed by atoms with Crippen molar-refractivity contribution < 1.29 is 9.36 Å². The average molecular weight is 287 g/mol. The second-order valence-electron chi connectivity index (χ2n) is 5.12. The van der Waals surface area contributed by atoms with Gasteiger partial charge in [-0.1, -0.05) is 48.5 Å². The second kappa shape index (κ2) is 6.19. The van der Waals surface area contributed by atoms with E-state index in [0.29, 0.717) is 12.2 Å². The van der Waals surface area contributed by atoms with E-state index in [4.69, 9.17) is 5.26 Å². The Labute approximate surface area is 129 Å². The molecule has 0 saturated heterocycles. The maximum Gasteiger partial charge on any atom is 0.257 e. The first-order chi connectivity index (χ1) is 10.8. The highest BCUT2D eigenvalue weighted by molar-refractivity contribution is 6.05. The molecular weight excluding hydrogens is 272 g/mol. The lowest BCUT2D eigenvalue weighted by molar-refractivity contribution is -0.688. The Bertz CT molecular complexity index is 863. The fourth-order valence-corrected chi connectivity index (χ4v) is 2.64. The molecule has 0 saturated carbocycles. The Morgan fingerprint density at radius 1 is 1.00 bits per heavy atom. The third-order valence-electron chi connectivity index (χ3n) is 3.64. The van der Waals surface area contributed by atoms with Crippen molar-refractivity contribution in [2.24, 2.45) is 0 Å². The van der Waals surface area contributed by atoms with Crippen molar-refractivity contribution >= 4 is 16.6 Å². The van der Waals surface area contributed by atoms with Crippen LogP contribution >= 0.6 is 0 Å². The number of ketones is 1. The number of aromatic nitrogens is 1. The summed E-state index contributed by atoms with van der Waals surface area (Å²) in [5, 5.41) is 10.8. The summed E-state index contributed by atoms with van der Waals surface area (Å²) in [4.78, 5) is 12.4. The van der Waals surface area contributed by atoms with Crippen molar-refractivity contribution in [3.8, 4) is 6.07 Å². The van der Waals surface area contributed by atoms with E-state index in [9.17, 15) is 4.79 Å². The Morgan fingerprint density at radius 2 is 1.73 bits per heavy atom. The molecule has 1 heterocycles. The molecule has 0 N–H and O–H groups in total. The average Bonchev–Trinajstić information content (AvgIpc) is 2.55. The first-order valence-electron chi connectivity index (χ1n) is 7.15. The van der Waals surface area contributed by atoms with Crippen LogP contribution in [-0.4, -0.2) is 5.78 Å². The molecule has 0 bridgehead atoms. The molecule has 22 heavy (non-hydrogen) atoms. The predicted octanol–water partition coefficient (Wildman–Crippen LogP) is 3.27. The molecule has 106 valence electrons. The Hall–Kier alpha value is -2.99. The summed E-state index contributed by atoms with van der Waals surface area (Å²) in [5.74, 6) is -0.143. The highest BCUT2D eigenvalue weighted by Gasteiger charge is 2.22. The van der Waals surface area contributed by atoms with Crippen LogP contribution in [0.5, 0.6) is 0 Å². The Kier molecular flexibility index (Phi) is 3.93. The smallest absolute Gasteiger partial charge is 0.257 e. The van der Waals surface area contributed by atoms with Crippen molar-refractivity contribution in [3.05, 3.63) is 78.1 Å². The van der Waals surface area contributed by atoms with Gasteiger partial charge in [0.15, 0.2) is 12.7 Å². The number of nitrogens with zero attached hydrogens (tertiary/aromatic N) is 2. The molecule has 3 heteroatoms. The molecule has 3 rings (SSSR count). The van der Waals surface area contributed by atoms with Gasteiger partial charge in [0.2, 0.25) is 5.78 Å². The van der Waals surface area contributed by atoms with Crippen LogP contribution in [0, 0.1) is 11.3 Å². The van der Waals surface area contributed by atoms with Crippen LogP contribution in [0.3, 0.4) is 0 Å². The normalized spacial score (nSPS) is 10.3. The van der Waals surface area contributed by atoms with Gasteiger partial charge in [-0.3, -0.25) is 4.79 Å². The number of benzene rings is 2. The van der Waals surface area contributed by atoms with Gasteiger partial charge in [-0.15, -0.1) is 0 Å². The second-order valence-corrected chi connectivity index (χ2v) is 5.12. The van der Waals surface area contributed by atoms with E-state index in [2.05, 4.69) is 0 Å². The zero-order valence-electron chi connectivity index (χ0n) is 12.1. The fraction of sp³-hybridized carbons (Fsp3) is 0.105. The molecule has 0 unspecified atom stereocenters. The third-order valence-corrected chi connectivity index (χ3v) is 3.64. The SMILES string of the molecule is N#CCC(=O)c1c2ccccc2cc[n+]1Cc1ccccc1. The molecule has 3 aromatic rings. The molecule has 0 radical (unpaired) electrons. The number of pyridine rings is 1. The summed E-state index contributed by atoms with van der Waals surface area (Å²) in [6, 6.07) is 21.7. The molecule has 0 atom stereocenters. The van der Waals surface area contributed by atoms with Gasteiger partial charge < -0.3 is 0 Å². The van der Waals surface area contributed by atoms with Gasteiger partial charge in [-0.2, -0.15) is 9.83 Å². The summed E-state index contributed by atoms with van der Waals surface area (Å²) in [6.45, 7) is 0.609. The molecule has 0 amide bonds. The Balaban J connectivity index is 2.15. The predicted molar refractivity (Wildman–Crippen MR) is 84.2 cm³/mol. The highest BCUT2D eigenvalue weighted by Crippen LogP contribution is 2.17. The van der Waals surface area contributed by atoms with E-state index in [1.54, 1.807) is 0 Å². The molecular formula is C19H15N2O+. The van der Waals surface area contributed by atoms with Crippen molar-refractivity contribution in [3.63, 3.8) is 0 Å². The lowest BCUT2D eigenvalue weighted by Crippen LogP contribution is -2.40. The molecule has 0 spiro atoms. The summed E-state index contributed by atoms with van der Waals surface area (Å²) in [5.41, 5.74) is 1.72. The van der Waals surface area contributed by atoms with Crippen LogP contribution in [0.4, 0.5) is 0 Å². The Morgan fingerprint density at radius 3 is 2.50 bits per heavy atom. The lowest BCUT2D eigenvalue weighted by atomic mass is 10.0. The number of nitriles is 1. The van der Waals surface area contributed by atoms with E-state index in [1.807, 2.05) is 77.5 Å². The minimum absolute atomic E-state index is 0.108. The number of fused-ring (bicyclic) bond motifs is 1. The zero-order valence-corrected chi connectivity index (χ0v) is 12.1. The third kappa shape index (κ3) is 2.72. The zero-order chi connectivity index (χ0) is 15.4. The van der Waals surface area contributed by atoms with Gasteiger partial charge >= 0.3 is 0 Å². The summed E-state index contributed by atoms with van der Waals surface area (Å²) < 4.78 is 1.93. The summed E-state index contributed by atoms with van der Waals surface area (Å²) >= 11 is 0. The quantitative estimate of drug-likeness (QED) is 0.546. The van der Waals surface area contributed by atoms with Gasteiger partial charge in [0.05, 0.1) is 11.5 Å². The van der Waals surface area contributed by atoms with Crippen LogP contribution in [-0.2, 0) is 6.54 Å². The fourth-order valence-electron chi connectivity index (χ4n) is 2.64. The lowest BCUT2D eigenvalue weighted by Gasteiger charge is -2.06. The van der Waals surface area contributed by atoms with Gasteiger partial charge in [0, 0.05) is 11.6 Å². The first kappa shape index (κ1) is 14.0. The van der Waals surface area contributed by atoms with E-state index >= 15 is 0 Å². The van der Waals surface area contributed by atoms with Crippen molar-refractivity contribution in [1.82, 2.24) is 0 Å². The molecule has 2 aromatic carbocycles. The molecule has 3 nitrogen and oxygen atoms in total. The minimum atomic E-state index is -0.143. The van der Waals surface area contributed by atoms with E-state index in [0.717, 1.165) is 16.3 Å². The monoisotopic (exact) mass is 287 g/mol. The summed E-state index contributed by atoms with van der Waals surface area (Å²) in [6.07, 6.45) is 1.81. The topological polar surface area (TPSA) is 44.7 Å². The van der Waals surface area contributed by atoms with E-state index in [1.165, 1.54) is 0 Å². The molecule has 1 aromatic heterocycles. The van der Waals surface area contributed by atoms with Crippen molar-refractivity contribution in [1.29, 1.82) is 5.26 Å². The minimum Gasteiger partial charge on any atom is -0.286 e. The van der Waals surface area contributed by atoms with Crippen LogP contribution in [0.1, 0.15) is 22.5 Å². The van der Waals surface area contributed by atoms with Crippen LogP contribution in [0.25, 0.3) is 10.8 Å². The standard InChI is InChI=1S/C19H15N2O/c20-12-10-18(22)19-17-9-5-4-8-16(17)11-13-21(19)14-15-6-2-1-3-7-15/h1-9,11,13H,10,14H2/q+1. The molecule has 0 aliphatic rings.